The monoisotopic (exact) mass is 258 g/mol. The molecule has 5 nitrogen and oxygen atoms in total. The molecule has 0 saturated heterocycles. The molecule has 0 radical (unpaired) electrons. The van der Waals surface area contributed by atoms with Gasteiger partial charge in [0.25, 0.3) is 0 Å². The summed E-state index contributed by atoms with van der Waals surface area (Å²) in [6.07, 6.45) is 2.91. The summed E-state index contributed by atoms with van der Waals surface area (Å²) in [7, 11) is 1.62. The van der Waals surface area contributed by atoms with E-state index >= 15 is 0 Å². The Morgan fingerprint density at radius 3 is 2.68 bits per heavy atom. The molecule has 2 N–H and O–H groups in total. The number of hydrogen-bond acceptors (Lipinski definition) is 4. The zero-order valence-electron chi connectivity index (χ0n) is 10.5. The third kappa shape index (κ3) is 3.45. The van der Waals surface area contributed by atoms with Crippen molar-refractivity contribution in [2.45, 2.75) is 6.54 Å². The maximum atomic E-state index is 10.8. The van der Waals surface area contributed by atoms with Crippen molar-refractivity contribution < 1.29 is 14.6 Å². The SMILES string of the molecule is COc1ccc(CNc2cncc(C(=O)O)c2)cc1. The largest absolute Gasteiger partial charge is 0.497 e. The number of aromatic nitrogens is 1. The van der Waals surface area contributed by atoms with Gasteiger partial charge in [-0.3, -0.25) is 4.98 Å². The average molecular weight is 258 g/mol. The summed E-state index contributed by atoms with van der Waals surface area (Å²) < 4.78 is 5.08. The van der Waals surface area contributed by atoms with Crippen molar-refractivity contribution in [1.29, 1.82) is 0 Å². The highest BCUT2D eigenvalue weighted by atomic mass is 16.5. The van der Waals surface area contributed by atoms with E-state index in [2.05, 4.69) is 10.3 Å². The van der Waals surface area contributed by atoms with Crippen LogP contribution in [0, 0.1) is 0 Å². The van der Waals surface area contributed by atoms with Crippen LogP contribution >= 0.6 is 0 Å². The molecule has 19 heavy (non-hydrogen) atoms. The lowest BCUT2D eigenvalue weighted by Gasteiger charge is -2.07. The van der Waals surface area contributed by atoms with Crippen LogP contribution in [0.4, 0.5) is 5.69 Å². The Hall–Kier alpha value is -2.56. The third-order valence-corrected chi connectivity index (χ3v) is 2.64. The van der Waals surface area contributed by atoms with E-state index < -0.39 is 5.97 Å². The van der Waals surface area contributed by atoms with Crippen LogP contribution in [0.3, 0.4) is 0 Å². The zero-order chi connectivity index (χ0) is 13.7. The molecule has 1 aromatic heterocycles. The summed E-state index contributed by atoms with van der Waals surface area (Å²) in [4.78, 5) is 14.7. The highest BCUT2D eigenvalue weighted by Crippen LogP contribution is 2.14. The van der Waals surface area contributed by atoms with Crippen molar-refractivity contribution in [2.75, 3.05) is 12.4 Å². The number of methoxy groups -OCH3 is 1. The van der Waals surface area contributed by atoms with Crippen molar-refractivity contribution in [3.63, 3.8) is 0 Å². The summed E-state index contributed by atoms with van der Waals surface area (Å²) in [5.41, 5.74) is 1.91. The van der Waals surface area contributed by atoms with E-state index in [0.717, 1.165) is 11.3 Å². The summed E-state index contributed by atoms with van der Waals surface area (Å²) >= 11 is 0. The normalized spacial score (nSPS) is 9.95. The zero-order valence-corrected chi connectivity index (χ0v) is 10.5. The molecule has 0 unspecified atom stereocenters. The Morgan fingerprint density at radius 2 is 2.05 bits per heavy atom. The molecule has 2 rings (SSSR count). The number of hydrogen-bond donors (Lipinski definition) is 2. The number of carbonyl (C=O) groups is 1. The van der Waals surface area contributed by atoms with Gasteiger partial charge in [-0.05, 0) is 23.8 Å². The molecule has 2 aromatic rings. The van der Waals surface area contributed by atoms with Gasteiger partial charge in [-0.2, -0.15) is 0 Å². The second kappa shape index (κ2) is 5.86. The maximum Gasteiger partial charge on any atom is 0.337 e. The lowest BCUT2D eigenvalue weighted by atomic mass is 10.2. The summed E-state index contributed by atoms with van der Waals surface area (Å²) in [5, 5.41) is 12.0. The first kappa shape index (κ1) is 12.9. The number of nitrogens with one attached hydrogen (secondary N) is 1. The highest BCUT2D eigenvalue weighted by molar-refractivity contribution is 5.88. The Morgan fingerprint density at radius 1 is 1.32 bits per heavy atom. The predicted molar refractivity (Wildman–Crippen MR) is 71.5 cm³/mol. The van der Waals surface area contributed by atoms with Gasteiger partial charge >= 0.3 is 5.97 Å². The Labute approximate surface area is 110 Å². The lowest BCUT2D eigenvalue weighted by molar-refractivity contribution is 0.0696. The van der Waals surface area contributed by atoms with Gasteiger partial charge in [0.15, 0.2) is 0 Å². The van der Waals surface area contributed by atoms with E-state index in [4.69, 9.17) is 9.84 Å². The van der Waals surface area contributed by atoms with Crippen LogP contribution in [0.1, 0.15) is 15.9 Å². The summed E-state index contributed by atoms with van der Waals surface area (Å²) in [6, 6.07) is 9.20. The molecule has 0 bridgehead atoms. The number of aromatic carboxylic acids is 1. The number of benzene rings is 1. The Bertz CT molecular complexity index is 567. The van der Waals surface area contributed by atoms with Crippen molar-refractivity contribution in [3.8, 4) is 5.75 Å². The number of ether oxygens (including phenoxy) is 1. The van der Waals surface area contributed by atoms with Crippen molar-refractivity contribution in [2.24, 2.45) is 0 Å². The molecule has 0 saturated carbocycles. The lowest BCUT2D eigenvalue weighted by Crippen LogP contribution is -2.03. The number of pyridine rings is 1. The van der Waals surface area contributed by atoms with Gasteiger partial charge in [0.1, 0.15) is 5.75 Å². The molecule has 0 spiro atoms. The van der Waals surface area contributed by atoms with E-state index in [1.165, 1.54) is 6.20 Å². The fourth-order valence-corrected chi connectivity index (χ4v) is 1.60. The third-order valence-electron chi connectivity index (χ3n) is 2.64. The molecular weight excluding hydrogens is 244 g/mol. The number of anilines is 1. The molecule has 0 aliphatic rings. The average Bonchev–Trinajstić information content (AvgIpc) is 2.46. The van der Waals surface area contributed by atoms with Gasteiger partial charge < -0.3 is 15.2 Å². The van der Waals surface area contributed by atoms with Crippen molar-refractivity contribution in [3.05, 3.63) is 53.9 Å². The van der Waals surface area contributed by atoms with Gasteiger partial charge in [0.2, 0.25) is 0 Å². The minimum Gasteiger partial charge on any atom is -0.497 e. The van der Waals surface area contributed by atoms with Crippen LogP contribution in [0.2, 0.25) is 0 Å². The van der Waals surface area contributed by atoms with E-state index in [9.17, 15) is 4.79 Å². The van der Waals surface area contributed by atoms with Crippen molar-refractivity contribution >= 4 is 11.7 Å². The van der Waals surface area contributed by atoms with E-state index in [1.807, 2.05) is 24.3 Å². The summed E-state index contributed by atoms with van der Waals surface area (Å²) in [6.45, 7) is 0.592. The molecule has 5 heteroatoms. The standard InChI is InChI=1S/C14H14N2O3/c1-19-13-4-2-10(3-5-13)7-16-12-6-11(14(17)18)8-15-9-12/h2-6,8-9,16H,7H2,1H3,(H,17,18). The molecule has 1 aromatic carbocycles. The van der Waals surface area contributed by atoms with E-state index in [0.29, 0.717) is 12.2 Å². The first-order chi connectivity index (χ1) is 9.19. The molecule has 0 atom stereocenters. The fraction of sp³-hybridized carbons (Fsp3) is 0.143. The predicted octanol–water partition coefficient (Wildman–Crippen LogP) is 2.40. The number of nitrogens with zero attached hydrogens (tertiary/aromatic N) is 1. The molecular formula is C14H14N2O3. The van der Waals surface area contributed by atoms with Crippen LogP contribution in [-0.2, 0) is 6.54 Å². The Balaban J connectivity index is 2.01. The first-order valence-corrected chi connectivity index (χ1v) is 5.74. The van der Waals surface area contributed by atoms with Gasteiger partial charge in [-0.25, -0.2) is 4.79 Å². The minimum absolute atomic E-state index is 0.166. The van der Waals surface area contributed by atoms with Gasteiger partial charge in [0, 0.05) is 18.9 Å². The van der Waals surface area contributed by atoms with E-state index in [1.54, 1.807) is 19.4 Å². The van der Waals surface area contributed by atoms with Crippen LogP contribution in [0.5, 0.6) is 5.75 Å². The van der Waals surface area contributed by atoms with Crippen LogP contribution < -0.4 is 10.1 Å². The molecule has 98 valence electrons. The van der Waals surface area contributed by atoms with Gasteiger partial charge in [0.05, 0.1) is 18.4 Å². The quantitative estimate of drug-likeness (QED) is 0.861. The molecule has 0 amide bonds. The highest BCUT2D eigenvalue weighted by Gasteiger charge is 2.03. The second-order valence-corrected chi connectivity index (χ2v) is 3.97. The summed E-state index contributed by atoms with van der Waals surface area (Å²) in [5.74, 6) is -0.182. The first-order valence-electron chi connectivity index (χ1n) is 5.74. The Kier molecular flexibility index (Phi) is 3.97. The van der Waals surface area contributed by atoms with E-state index in [-0.39, 0.29) is 5.56 Å². The molecule has 1 heterocycles. The smallest absolute Gasteiger partial charge is 0.337 e. The topological polar surface area (TPSA) is 71.5 Å². The number of carboxylic acid groups (broad SMARTS) is 1. The van der Waals surface area contributed by atoms with Crippen LogP contribution in [-0.4, -0.2) is 23.2 Å². The number of rotatable bonds is 5. The van der Waals surface area contributed by atoms with Crippen LogP contribution in [0.15, 0.2) is 42.7 Å². The second-order valence-electron chi connectivity index (χ2n) is 3.97. The maximum absolute atomic E-state index is 10.8. The molecule has 0 aliphatic carbocycles. The molecule has 0 fully saturated rings. The van der Waals surface area contributed by atoms with Gasteiger partial charge in [-0.15, -0.1) is 0 Å². The molecule has 0 aliphatic heterocycles. The minimum atomic E-state index is -0.986. The van der Waals surface area contributed by atoms with Gasteiger partial charge in [-0.1, -0.05) is 12.1 Å². The number of carboxylic acids is 1. The van der Waals surface area contributed by atoms with Crippen molar-refractivity contribution in [1.82, 2.24) is 4.98 Å². The fourth-order valence-electron chi connectivity index (χ4n) is 1.60. The van der Waals surface area contributed by atoms with Crippen LogP contribution in [0.25, 0.3) is 0 Å².